The van der Waals surface area contributed by atoms with E-state index in [-0.39, 0.29) is 10.0 Å². The molecular weight excluding hydrogens is 314 g/mol. The molecular formula is C15H13BrF2O. The predicted octanol–water partition coefficient (Wildman–Crippen LogP) is 4.43. The third-order valence-corrected chi connectivity index (χ3v) is 3.81. The highest BCUT2D eigenvalue weighted by Gasteiger charge is 2.21. The van der Waals surface area contributed by atoms with E-state index in [1.54, 1.807) is 12.1 Å². The summed E-state index contributed by atoms with van der Waals surface area (Å²) >= 11 is 2.99. The van der Waals surface area contributed by atoms with Crippen LogP contribution in [0, 0.1) is 25.5 Å². The molecule has 0 aliphatic heterocycles. The molecule has 2 aromatic rings. The first kappa shape index (κ1) is 14.2. The van der Waals surface area contributed by atoms with Crippen LogP contribution < -0.4 is 0 Å². The van der Waals surface area contributed by atoms with E-state index in [0.717, 1.165) is 17.2 Å². The lowest BCUT2D eigenvalue weighted by Gasteiger charge is -2.15. The van der Waals surface area contributed by atoms with Crippen molar-refractivity contribution in [1.29, 1.82) is 0 Å². The summed E-state index contributed by atoms with van der Waals surface area (Å²) in [6.07, 6.45) is -1.32. The van der Waals surface area contributed by atoms with Gasteiger partial charge in [-0.15, -0.1) is 0 Å². The van der Waals surface area contributed by atoms with Gasteiger partial charge in [0, 0.05) is 0 Å². The summed E-state index contributed by atoms with van der Waals surface area (Å²) < 4.78 is 27.8. The van der Waals surface area contributed by atoms with Crippen molar-refractivity contribution in [3.8, 4) is 0 Å². The molecule has 4 heteroatoms. The third kappa shape index (κ3) is 2.69. The van der Waals surface area contributed by atoms with E-state index in [1.165, 1.54) is 6.07 Å². The monoisotopic (exact) mass is 326 g/mol. The maximum absolute atomic E-state index is 13.9. The molecule has 0 aliphatic carbocycles. The molecule has 0 amide bonds. The number of benzene rings is 2. The van der Waals surface area contributed by atoms with Crippen molar-refractivity contribution in [1.82, 2.24) is 0 Å². The van der Waals surface area contributed by atoms with Crippen LogP contribution in [-0.4, -0.2) is 5.11 Å². The number of aliphatic hydroxyl groups is 1. The minimum absolute atomic E-state index is 0.131. The SMILES string of the molecule is Cc1ccc(C(O)c2c(F)ccc(Br)c2F)cc1C. The van der Waals surface area contributed by atoms with Gasteiger partial charge in [-0.2, -0.15) is 0 Å². The van der Waals surface area contributed by atoms with Crippen LogP contribution in [0.2, 0.25) is 0 Å². The van der Waals surface area contributed by atoms with E-state index in [2.05, 4.69) is 15.9 Å². The first-order chi connectivity index (χ1) is 8.91. The lowest BCUT2D eigenvalue weighted by atomic mass is 9.97. The Morgan fingerprint density at radius 2 is 1.74 bits per heavy atom. The van der Waals surface area contributed by atoms with Crippen molar-refractivity contribution in [3.05, 3.63) is 68.7 Å². The number of rotatable bonds is 2. The van der Waals surface area contributed by atoms with Crippen molar-refractivity contribution in [3.63, 3.8) is 0 Å². The van der Waals surface area contributed by atoms with Gasteiger partial charge in [0.1, 0.15) is 17.7 Å². The summed E-state index contributed by atoms with van der Waals surface area (Å²) in [4.78, 5) is 0. The summed E-state index contributed by atoms with van der Waals surface area (Å²) in [5, 5.41) is 10.2. The molecule has 2 aromatic carbocycles. The summed E-state index contributed by atoms with van der Waals surface area (Å²) in [5.41, 5.74) is 2.16. The fraction of sp³-hybridized carbons (Fsp3) is 0.200. The van der Waals surface area contributed by atoms with Crippen LogP contribution in [-0.2, 0) is 0 Å². The van der Waals surface area contributed by atoms with Crippen molar-refractivity contribution in [2.75, 3.05) is 0 Å². The van der Waals surface area contributed by atoms with Gasteiger partial charge in [0.05, 0.1) is 10.0 Å². The van der Waals surface area contributed by atoms with Crippen LogP contribution in [0.3, 0.4) is 0 Å². The number of hydrogen-bond acceptors (Lipinski definition) is 1. The smallest absolute Gasteiger partial charge is 0.146 e. The third-order valence-electron chi connectivity index (χ3n) is 3.20. The van der Waals surface area contributed by atoms with Crippen LogP contribution >= 0.6 is 15.9 Å². The molecule has 0 bridgehead atoms. The van der Waals surface area contributed by atoms with Gasteiger partial charge in [-0.05, 0) is 58.6 Å². The van der Waals surface area contributed by atoms with Crippen LogP contribution in [0.1, 0.15) is 28.4 Å². The normalized spacial score (nSPS) is 12.5. The molecule has 100 valence electrons. The Morgan fingerprint density at radius 3 is 2.37 bits per heavy atom. The Balaban J connectivity index is 2.52. The fourth-order valence-corrected chi connectivity index (χ4v) is 2.24. The Morgan fingerprint density at radius 1 is 1.05 bits per heavy atom. The molecule has 1 nitrogen and oxygen atoms in total. The maximum atomic E-state index is 13.9. The molecule has 0 fully saturated rings. The van der Waals surface area contributed by atoms with Gasteiger partial charge in [-0.25, -0.2) is 8.78 Å². The number of halogens is 3. The van der Waals surface area contributed by atoms with Crippen LogP contribution in [0.15, 0.2) is 34.8 Å². The van der Waals surface area contributed by atoms with E-state index in [4.69, 9.17) is 0 Å². The van der Waals surface area contributed by atoms with Gasteiger partial charge in [0.15, 0.2) is 0 Å². The van der Waals surface area contributed by atoms with Crippen LogP contribution in [0.25, 0.3) is 0 Å². The molecule has 1 unspecified atom stereocenters. The highest BCUT2D eigenvalue weighted by atomic mass is 79.9. The summed E-state index contributed by atoms with van der Waals surface area (Å²) in [6.45, 7) is 3.82. The van der Waals surface area contributed by atoms with Crippen molar-refractivity contribution in [2.45, 2.75) is 20.0 Å². The molecule has 0 radical (unpaired) electrons. The minimum atomic E-state index is -1.32. The van der Waals surface area contributed by atoms with Crippen LogP contribution in [0.5, 0.6) is 0 Å². The quantitative estimate of drug-likeness (QED) is 0.809. The van der Waals surface area contributed by atoms with Gasteiger partial charge >= 0.3 is 0 Å². The van der Waals surface area contributed by atoms with Gasteiger partial charge in [-0.3, -0.25) is 0 Å². The molecule has 19 heavy (non-hydrogen) atoms. The fourth-order valence-electron chi connectivity index (χ4n) is 1.89. The lowest BCUT2D eigenvalue weighted by Crippen LogP contribution is -2.07. The Bertz CT molecular complexity index is 626. The van der Waals surface area contributed by atoms with Gasteiger partial charge < -0.3 is 5.11 Å². The molecule has 1 N–H and O–H groups in total. The summed E-state index contributed by atoms with van der Waals surface area (Å²) in [6, 6.07) is 7.64. The molecule has 0 aliphatic rings. The van der Waals surface area contributed by atoms with Gasteiger partial charge in [0.2, 0.25) is 0 Å². The van der Waals surface area contributed by atoms with Gasteiger partial charge in [0.25, 0.3) is 0 Å². The average Bonchev–Trinajstić information content (AvgIpc) is 2.37. The first-order valence-electron chi connectivity index (χ1n) is 5.80. The van der Waals surface area contributed by atoms with E-state index >= 15 is 0 Å². The number of aliphatic hydroxyl groups excluding tert-OH is 1. The van der Waals surface area contributed by atoms with Gasteiger partial charge in [-0.1, -0.05) is 18.2 Å². The zero-order chi connectivity index (χ0) is 14.2. The van der Waals surface area contributed by atoms with E-state index < -0.39 is 17.7 Å². The molecule has 2 rings (SSSR count). The molecule has 0 saturated carbocycles. The minimum Gasteiger partial charge on any atom is -0.383 e. The number of hydrogen-bond donors (Lipinski definition) is 1. The zero-order valence-corrected chi connectivity index (χ0v) is 12.1. The second-order valence-electron chi connectivity index (χ2n) is 4.50. The Kier molecular flexibility index (Phi) is 4.02. The maximum Gasteiger partial charge on any atom is 0.146 e. The highest BCUT2D eigenvalue weighted by Crippen LogP contribution is 2.31. The van der Waals surface area contributed by atoms with Crippen molar-refractivity contribution >= 4 is 15.9 Å². The Labute approximate surface area is 119 Å². The highest BCUT2D eigenvalue weighted by molar-refractivity contribution is 9.10. The molecule has 1 atom stereocenters. The molecule has 0 spiro atoms. The molecule has 0 aromatic heterocycles. The molecule has 0 heterocycles. The largest absolute Gasteiger partial charge is 0.383 e. The Hall–Kier alpha value is -1.26. The first-order valence-corrected chi connectivity index (χ1v) is 6.59. The van der Waals surface area contributed by atoms with Crippen molar-refractivity contribution < 1.29 is 13.9 Å². The zero-order valence-electron chi connectivity index (χ0n) is 10.5. The topological polar surface area (TPSA) is 20.2 Å². The second-order valence-corrected chi connectivity index (χ2v) is 5.36. The lowest BCUT2D eigenvalue weighted by molar-refractivity contribution is 0.208. The standard InChI is InChI=1S/C15H13BrF2O/c1-8-3-4-10(7-9(8)2)15(19)13-12(17)6-5-11(16)14(13)18/h3-7,15,19H,1-2H3. The van der Waals surface area contributed by atoms with E-state index in [1.807, 2.05) is 19.9 Å². The summed E-state index contributed by atoms with van der Waals surface area (Å²) in [5.74, 6) is -1.53. The van der Waals surface area contributed by atoms with E-state index in [9.17, 15) is 13.9 Å². The average molecular weight is 327 g/mol. The van der Waals surface area contributed by atoms with E-state index in [0.29, 0.717) is 5.56 Å². The second kappa shape index (κ2) is 5.39. The number of aryl methyl sites for hydroxylation is 2. The molecule has 0 saturated heterocycles. The summed E-state index contributed by atoms with van der Waals surface area (Å²) in [7, 11) is 0. The van der Waals surface area contributed by atoms with Crippen molar-refractivity contribution in [2.24, 2.45) is 0 Å². The van der Waals surface area contributed by atoms with Crippen LogP contribution in [0.4, 0.5) is 8.78 Å². The predicted molar refractivity (Wildman–Crippen MR) is 74.0 cm³/mol.